The molecule has 3 aromatic rings. The summed E-state index contributed by atoms with van der Waals surface area (Å²) in [4.78, 5) is 4.51. The molecule has 0 unspecified atom stereocenters. The highest BCUT2D eigenvalue weighted by molar-refractivity contribution is 6.17. The van der Waals surface area contributed by atoms with Crippen molar-refractivity contribution in [1.82, 2.24) is 9.55 Å². The van der Waals surface area contributed by atoms with Gasteiger partial charge in [0.05, 0.1) is 11.0 Å². The van der Waals surface area contributed by atoms with Crippen LogP contribution in [-0.2, 0) is 5.88 Å². The van der Waals surface area contributed by atoms with E-state index >= 15 is 0 Å². The van der Waals surface area contributed by atoms with Crippen LogP contribution in [0.4, 0.5) is 0 Å². The summed E-state index contributed by atoms with van der Waals surface area (Å²) in [6.45, 7) is 6.34. The quantitative estimate of drug-likeness (QED) is 0.624. The molecule has 0 bridgehead atoms. The third-order valence-electron chi connectivity index (χ3n) is 3.91. The second kappa shape index (κ2) is 4.95. The lowest BCUT2D eigenvalue weighted by atomic mass is 10.1. The van der Waals surface area contributed by atoms with Crippen LogP contribution in [0.5, 0.6) is 0 Å². The number of hydrogen-bond donors (Lipinski definition) is 0. The van der Waals surface area contributed by atoms with Crippen LogP contribution in [0, 0.1) is 20.8 Å². The van der Waals surface area contributed by atoms with E-state index in [4.69, 9.17) is 11.6 Å². The van der Waals surface area contributed by atoms with Crippen molar-refractivity contribution in [3.8, 4) is 5.69 Å². The number of hydrogen-bond acceptors (Lipinski definition) is 1. The molecule has 1 aromatic heterocycles. The number of rotatable bonds is 2. The Labute approximate surface area is 124 Å². The minimum absolute atomic E-state index is 0.551. The molecule has 2 nitrogen and oxygen atoms in total. The molecule has 0 amide bonds. The van der Waals surface area contributed by atoms with Gasteiger partial charge in [0, 0.05) is 11.6 Å². The molecule has 0 saturated carbocycles. The molecule has 1 heterocycles. The number of fused-ring (bicyclic) bond motifs is 1. The summed E-state index contributed by atoms with van der Waals surface area (Å²) in [7, 11) is 0. The van der Waals surface area contributed by atoms with Gasteiger partial charge in [-0.1, -0.05) is 6.07 Å². The maximum Gasteiger partial charge on any atom is 0.100 e. The van der Waals surface area contributed by atoms with Gasteiger partial charge in [-0.3, -0.25) is 4.57 Å². The average molecular weight is 285 g/mol. The topological polar surface area (TPSA) is 17.8 Å². The molecule has 0 radical (unpaired) electrons. The maximum absolute atomic E-state index is 5.92. The Hall–Kier alpha value is -1.80. The van der Waals surface area contributed by atoms with Crippen LogP contribution < -0.4 is 0 Å². The highest BCUT2D eigenvalue weighted by Gasteiger charge is 2.07. The van der Waals surface area contributed by atoms with Gasteiger partial charge in [-0.05, 0) is 67.3 Å². The lowest BCUT2D eigenvalue weighted by Crippen LogP contribution is -1.95. The van der Waals surface area contributed by atoms with Crippen molar-refractivity contribution in [1.29, 1.82) is 0 Å². The van der Waals surface area contributed by atoms with E-state index in [1.54, 1.807) is 0 Å². The molecule has 0 aliphatic heterocycles. The first-order valence-electron chi connectivity index (χ1n) is 6.70. The summed E-state index contributed by atoms with van der Waals surface area (Å²) in [5.41, 5.74) is 8.25. The fourth-order valence-corrected chi connectivity index (χ4v) is 2.75. The Morgan fingerprint density at radius 3 is 2.45 bits per heavy atom. The molecule has 0 fully saturated rings. The van der Waals surface area contributed by atoms with E-state index in [-0.39, 0.29) is 0 Å². The largest absolute Gasteiger partial charge is 0.299 e. The zero-order valence-corrected chi connectivity index (χ0v) is 12.7. The molecule has 0 atom stereocenters. The van der Waals surface area contributed by atoms with Crippen molar-refractivity contribution >= 4 is 22.6 Å². The van der Waals surface area contributed by atoms with Gasteiger partial charge >= 0.3 is 0 Å². The second-order valence-electron chi connectivity index (χ2n) is 5.28. The summed E-state index contributed by atoms with van der Waals surface area (Å²) in [6, 6.07) is 10.7. The fraction of sp³-hybridized carbons (Fsp3) is 0.235. The number of alkyl halides is 1. The van der Waals surface area contributed by atoms with Crippen molar-refractivity contribution < 1.29 is 0 Å². The van der Waals surface area contributed by atoms with Crippen molar-refractivity contribution in [2.45, 2.75) is 26.7 Å². The minimum Gasteiger partial charge on any atom is -0.299 e. The normalized spacial score (nSPS) is 11.2. The third-order valence-corrected chi connectivity index (χ3v) is 4.20. The van der Waals surface area contributed by atoms with Crippen molar-refractivity contribution in [2.75, 3.05) is 0 Å². The van der Waals surface area contributed by atoms with E-state index in [1.807, 2.05) is 6.33 Å². The van der Waals surface area contributed by atoms with E-state index in [9.17, 15) is 0 Å². The van der Waals surface area contributed by atoms with E-state index in [1.165, 1.54) is 22.3 Å². The smallest absolute Gasteiger partial charge is 0.100 e. The average Bonchev–Trinajstić information content (AvgIpc) is 2.82. The summed E-state index contributed by atoms with van der Waals surface area (Å²) >= 11 is 5.92. The second-order valence-corrected chi connectivity index (χ2v) is 5.55. The van der Waals surface area contributed by atoms with Gasteiger partial charge in [-0.15, -0.1) is 11.6 Å². The van der Waals surface area contributed by atoms with Gasteiger partial charge < -0.3 is 0 Å². The monoisotopic (exact) mass is 284 g/mol. The predicted molar refractivity (Wildman–Crippen MR) is 84.8 cm³/mol. The van der Waals surface area contributed by atoms with Crippen LogP contribution in [0.15, 0.2) is 36.7 Å². The zero-order chi connectivity index (χ0) is 14.3. The number of nitrogens with zero attached hydrogens (tertiary/aromatic N) is 2. The fourth-order valence-electron chi connectivity index (χ4n) is 2.45. The van der Waals surface area contributed by atoms with Crippen LogP contribution in [-0.4, -0.2) is 9.55 Å². The third kappa shape index (κ3) is 2.10. The Balaban J connectivity index is 2.19. The lowest BCUT2D eigenvalue weighted by molar-refractivity contribution is 1.08. The van der Waals surface area contributed by atoms with Gasteiger partial charge in [0.15, 0.2) is 0 Å². The molecule has 0 aliphatic rings. The lowest BCUT2D eigenvalue weighted by Gasteiger charge is -2.09. The first-order valence-corrected chi connectivity index (χ1v) is 7.24. The van der Waals surface area contributed by atoms with Crippen LogP contribution in [0.1, 0.15) is 22.3 Å². The van der Waals surface area contributed by atoms with E-state index < -0.39 is 0 Å². The van der Waals surface area contributed by atoms with Gasteiger partial charge in [0.2, 0.25) is 0 Å². The molecule has 0 spiro atoms. The summed E-state index contributed by atoms with van der Waals surface area (Å²) in [5.74, 6) is 0.551. The molecule has 3 heteroatoms. The van der Waals surface area contributed by atoms with Crippen molar-refractivity contribution in [3.63, 3.8) is 0 Å². The van der Waals surface area contributed by atoms with Gasteiger partial charge in [-0.2, -0.15) is 0 Å². The number of aromatic nitrogens is 2. The summed E-state index contributed by atoms with van der Waals surface area (Å²) in [5, 5.41) is 0. The Kier molecular flexibility index (Phi) is 3.27. The van der Waals surface area contributed by atoms with Gasteiger partial charge in [-0.25, -0.2) is 4.98 Å². The van der Waals surface area contributed by atoms with E-state index in [0.717, 1.165) is 16.7 Å². The molecule has 2 aromatic carbocycles. The number of halogens is 1. The zero-order valence-electron chi connectivity index (χ0n) is 11.9. The molecule has 3 rings (SSSR count). The van der Waals surface area contributed by atoms with Crippen LogP contribution in [0.2, 0.25) is 0 Å². The standard InChI is InChI=1S/C17H17ClN2/c1-11-7-16-17(8-12(11)2)20(10-19-16)15-5-4-14(9-18)13(3)6-15/h4-8,10H,9H2,1-3H3. The first-order chi connectivity index (χ1) is 9.60. The Morgan fingerprint density at radius 1 is 1.00 bits per heavy atom. The summed E-state index contributed by atoms with van der Waals surface area (Å²) in [6.07, 6.45) is 1.89. The van der Waals surface area contributed by atoms with Crippen molar-refractivity contribution in [3.05, 3.63) is 58.9 Å². The highest BCUT2D eigenvalue weighted by Crippen LogP contribution is 2.23. The van der Waals surface area contributed by atoms with Crippen LogP contribution >= 0.6 is 11.6 Å². The number of benzene rings is 2. The molecule has 0 saturated heterocycles. The molecular weight excluding hydrogens is 268 g/mol. The first kappa shape index (κ1) is 13.2. The van der Waals surface area contributed by atoms with Gasteiger partial charge in [0.1, 0.15) is 6.33 Å². The maximum atomic E-state index is 5.92. The van der Waals surface area contributed by atoms with E-state index in [0.29, 0.717) is 5.88 Å². The Bertz CT molecular complexity index is 787. The summed E-state index contributed by atoms with van der Waals surface area (Å²) < 4.78 is 2.13. The van der Waals surface area contributed by atoms with Crippen molar-refractivity contribution in [2.24, 2.45) is 0 Å². The van der Waals surface area contributed by atoms with E-state index in [2.05, 4.69) is 60.7 Å². The van der Waals surface area contributed by atoms with Crippen LogP contribution in [0.25, 0.3) is 16.7 Å². The molecule has 102 valence electrons. The SMILES string of the molecule is Cc1cc2ncn(-c3ccc(CCl)c(C)c3)c2cc1C. The molecule has 20 heavy (non-hydrogen) atoms. The van der Waals surface area contributed by atoms with Gasteiger partial charge in [0.25, 0.3) is 0 Å². The number of imidazole rings is 1. The molecular formula is C17H17ClN2. The molecule has 0 N–H and O–H groups in total. The number of aryl methyl sites for hydroxylation is 3. The predicted octanol–water partition coefficient (Wildman–Crippen LogP) is 4.69. The molecule has 0 aliphatic carbocycles. The Morgan fingerprint density at radius 2 is 1.75 bits per heavy atom. The highest BCUT2D eigenvalue weighted by atomic mass is 35.5. The van der Waals surface area contributed by atoms with Crippen LogP contribution in [0.3, 0.4) is 0 Å². The minimum atomic E-state index is 0.551.